The van der Waals surface area contributed by atoms with Gasteiger partial charge in [0.05, 0.1) is 32.3 Å². The van der Waals surface area contributed by atoms with Crippen molar-refractivity contribution in [3.8, 4) is 11.5 Å². The van der Waals surface area contributed by atoms with Crippen molar-refractivity contribution in [3.63, 3.8) is 0 Å². The van der Waals surface area contributed by atoms with E-state index < -0.39 is 0 Å². The summed E-state index contributed by atoms with van der Waals surface area (Å²) < 4.78 is 32.3. The third kappa shape index (κ3) is 12.5. The molecule has 35 heavy (non-hydrogen) atoms. The minimum atomic E-state index is -0.359. The fourth-order valence-corrected chi connectivity index (χ4v) is 3.92. The molecule has 0 bridgehead atoms. The third-order valence-corrected chi connectivity index (χ3v) is 5.82. The normalized spacial score (nSPS) is 18.0. The molecular formula is C27H46O8. The van der Waals surface area contributed by atoms with Crippen LogP contribution in [-0.4, -0.2) is 72.2 Å². The number of carbonyl (C=O) groups excluding carboxylic acids is 2. The zero-order chi connectivity index (χ0) is 23.9. The lowest BCUT2D eigenvalue weighted by molar-refractivity contribution is -0.136. The van der Waals surface area contributed by atoms with Crippen LogP contribution in [0.3, 0.4) is 0 Å². The molecule has 0 saturated heterocycles. The fraction of sp³-hybridized carbons (Fsp3) is 0.704. The molecule has 1 aliphatic rings. The first-order valence-electron chi connectivity index (χ1n) is 11.6. The van der Waals surface area contributed by atoms with E-state index in [1.54, 1.807) is 21.1 Å². The molecule has 0 spiro atoms. The Morgan fingerprint density at radius 3 is 1.80 bits per heavy atom. The van der Waals surface area contributed by atoms with Crippen LogP contribution >= 0.6 is 0 Å². The van der Waals surface area contributed by atoms with Crippen LogP contribution in [0, 0.1) is 17.8 Å². The molecule has 0 amide bonds. The molecule has 1 unspecified atom stereocenters. The summed E-state index contributed by atoms with van der Waals surface area (Å²) in [5.74, 6) is 1.54. The topological polar surface area (TPSA) is 89.5 Å². The highest BCUT2D eigenvalue weighted by molar-refractivity contribution is 5.84. The van der Waals surface area contributed by atoms with E-state index in [0.29, 0.717) is 26.4 Å². The second-order valence-electron chi connectivity index (χ2n) is 8.27. The van der Waals surface area contributed by atoms with E-state index in [0.717, 1.165) is 37.2 Å². The van der Waals surface area contributed by atoms with Crippen LogP contribution < -0.4 is 9.47 Å². The molecule has 1 fully saturated rings. The Morgan fingerprint density at radius 2 is 1.29 bits per heavy atom. The van der Waals surface area contributed by atoms with E-state index in [1.807, 2.05) is 24.3 Å². The second kappa shape index (κ2) is 19.2. The maximum atomic E-state index is 13.0. The van der Waals surface area contributed by atoms with Crippen molar-refractivity contribution in [1.29, 1.82) is 0 Å². The van der Waals surface area contributed by atoms with Gasteiger partial charge in [-0.25, -0.2) is 0 Å². The highest BCUT2D eigenvalue weighted by Gasteiger charge is 2.32. The molecular weight excluding hydrogens is 452 g/mol. The van der Waals surface area contributed by atoms with Gasteiger partial charge in [-0.2, -0.15) is 0 Å². The first-order chi connectivity index (χ1) is 16.0. The highest BCUT2D eigenvalue weighted by Crippen LogP contribution is 2.31. The van der Waals surface area contributed by atoms with E-state index in [2.05, 4.69) is 0 Å². The molecule has 202 valence electrons. The Balaban J connectivity index is 0.00000578. The first-order valence-corrected chi connectivity index (χ1v) is 11.6. The number of benzene rings is 1. The van der Waals surface area contributed by atoms with Gasteiger partial charge in [0.2, 0.25) is 0 Å². The number of hydrogen-bond donors (Lipinski definition) is 0. The molecule has 2 rings (SSSR count). The molecule has 0 radical (unpaired) electrons. The monoisotopic (exact) mass is 498 g/mol. The van der Waals surface area contributed by atoms with Crippen LogP contribution in [0.25, 0.3) is 0 Å². The molecule has 1 aromatic carbocycles. The number of ether oxygens (including phenoxy) is 6. The van der Waals surface area contributed by atoms with Crippen LogP contribution in [0.1, 0.15) is 47.5 Å². The Morgan fingerprint density at radius 1 is 0.771 bits per heavy atom. The Kier molecular flexibility index (Phi) is 18.1. The van der Waals surface area contributed by atoms with Crippen molar-refractivity contribution in [3.05, 3.63) is 24.3 Å². The largest absolute Gasteiger partial charge is 0.491 e. The summed E-state index contributed by atoms with van der Waals surface area (Å²) in [6, 6.07) is 7.36. The average molecular weight is 499 g/mol. The Hall–Kier alpha value is -2.00. The zero-order valence-electron chi connectivity index (χ0n) is 20.1. The smallest absolute Gasteiger partial charge is 0.146 e. The number of ketones is 2. The lowest BCUT2D eigenvalue weighted by Gasteiger charge is -2.28. The summed E-state index contributed by atoms with van der Waals surface area (Å²) in [7, 11) is 3.18. The molecule has 0 N–H and O–H groups in total. The lowest BCUT2D eigenvalue weighted by Crippen LogP contribution is -2.34. The molecule has 1 aromatic rings. The minimum absolute atomic E-state index is 0. The molecule has 0 heterocycles. The van der Waals surface area contributed by atoms with Gasteiger partial charge in [0.1, 0.15) is 43.1 Å². The number of methoxy groups -OCH3 is 2. The van der Waals surface area contributed by atoms with Crippen LogP contribution in [0.4, 0.5) is 0 Å². The summed E-state index contributed by atoms with van der Waals surface area (Å²) in [4.78, 5) is 24.6. The summed E-state index contributed by atoms with van der Waals surface area (Å²) in [6.45, 7) is 4.05. The van der Waals surface area contributed by atoms with Gasteiger partial charge >= 0.3 is 0 Å². The molecule has 0 aromatic heterocycles. The standard InChI is InChI=1S/C25H38O8.2CH4/c1-19(26)20-4-6-21(7-5-20)25(27)22(17-31-18-29-3)16-30-13-15-33-24-10-8-23(9-11-24)32-14-12-28-2;;/h8-11,20-22H,4-7,12-18H2,1-3H3;2*1H4. The van der Waals surface area contributed by atoms with Crippen molar-refractivity contribution < 1.29 is 38.0 Å². The molecule has 1 atom stereocenters. The summed E-state index contributed by atoms with van der Waals surface area (Å²) in [6.07, 6.45) is 3.06. The van der Waals surface area contributed by atoms with Gasteiger partial charge in [-0.05, 0) is 56.9 Å². The van der Waals surface area contributed by atoms with E-state index in [4.69, 9.17) is 28.4 Å². The number of rotatable bonds is 17. The summed E-state index contributed by atoms with van der Waals surface area (Å²) >= 11 is 0. The van der Waals surface area contributed by atoms with Gasteiger partial charge in [0, 0.05) is 26.1 Å². The molecule has 8 nitrogen and oxygen atoms in total. The van der Waals surface area contributed by atoms with E-state index >= 15 is 0 Å². The van der Waals surface area contributed by atoms with Crippen molar-refractivity contribution in [2.75, 3.05) is 60.7 Å². The van der Waals surface area contributed by atoms with Gasteiger partial charge in [0.25, 0.3) is 0 Å². The zero-order valence-corrected chi connectivity index (χ0v) is 20.1. The third-order valence-electron chi connectivity index (χ3n) is 5.82. The fourth-order valence-electron chi connectivity index (χ4n) is 3.92. The van der Waals surface area contributed by atoms with Gasteiger partial charge in [0.15, 0.2) is 0 Å². The minimum Gasteiger partial charge on any atom is -0.491 e. The first kappa shape index (κ1) is 33.0. The van der Waals surface area contributed by atoms with Gasteiger partial charge < -0.3 is 28.4 Å². The van der Waals surface area contributed by atoms with Crippen molar-refractivity contribution >= 4 is 11.6 Å². The van der Waals surface area contributed by atoms with Gasteiger partial charge in [-0.15, -0.1) is 0 Å². The van der Waals surface area contributed by atoms with Crippen LogP contribution in [0.15, 0.2) is 24.3 Å². The maximum absolute atomic E-state index is 13.0. The number of Topliss-reactive ketones (excluding diaryl/α,β-unsaturated/α-hetero) is 2. The number of hydrogen-bond acceptors (Lipinski definition) is 8. The average Bonchev–Trinajstić information content (AvgIpc) is 2.83. The number of carbonyl (C=O) groups is 2. The molecule has 0 aliphatic heterocycles. The Bertz CT molecular complexity index is 683. The molecule has 8 heteroatoms. The van der Waals surface area contributed by atoms with Gasteiger partial charge in [-0.1, -0.05) is 14.9 Å². The predicted octanol–water partition coefficient (Wildman–Crippen LogP) is 4.58. The van der Waals surface area contributed by atoms with Crippen molar-refractivity contribution in [1.82, 2.24) is 0 Å². The van der Waals surface area contributed by atoms with Crippen molar-refractivity contribution in [2.45, 2.75) is 47.5 Å². The van der Waals surface area contributed by atoms with Gasteiger partial charge in [-0.3, -0.25) is 9.59 Å². The predicted molar refractivity (Wildman–Crippen MR) is 136 cm³/mol. The van der Waals surface area contributed by atoms with E-state index in [1.165, 1.54) is 0 Å². The highest BCUT2D eigenvalue weighted by atomic mass is 16.7. The lowest BCUT2D eigenvalue weighted by atomic mass is 9.76. The maximum Gasteiger partial charge on any atom is 0.146 e. The van der Waals surface area contributed by atoms with Crippen LogP contribution in [0.2, 0.25) is 0 Å². The SMILES string of the molecule is C.C.COCCOc1ccc(OCCOCC(COCOC)C(=O)C2CCC(C(C)=O)CC2)cc1. The summed E-state index contributed by atoms with van der Waals surface area (Å²) in [5.41, 5.74) is 0. The quantitative estimate of drug-likeness (QED) is 0.228. The Labute approximate surface area is 211 Å². The van der Waals surface area contributed by atoms with Crippen LogP contribution in [0.5, 0.6) is 11.5 Å². The van der Waals surface area contributed by atoms with Crippen LogP contribution in [-0.2, 0) is 28.5 Å². The van der Waals surface area contributed by atoms with E-state index in [9.17, 15) is 9.59 Å². The van der Waals surface area contributed by atoms with Crippen molar-refractivity contribution in [2.24, 2.45) is 17.8 Å². The summed E-state index contributed by atoms with van der Waals surface area (Å²) in [5, 5.41) is 0. The van der Waals surface area contributed by atoms with E-state index in [-0.39, 0.29) is 64.2 Å². The second-order valence-corrected chi connectivity index (χ2v) is 8.27. The molecule has 1 saturated carbocycles. The molecule has 1 aliphatic carbocycles.